The fourth-order valence-corrected chi connectivity index (χ4v) is 2.30. The van der Waals surface area contributed by atoms with Gasteiger partial charge in [-0.3, -0.25) is 9.71 Å². The average molecular weight is 238 g/mol. The summed E-state index contributed by atoms with van der Waals surface area (Å²) < 4.78 is 9.28. The molecule has 1 aromatic heterocycles. The first-order chi connectivity index (χ1) is 7.56. The summed E-state index contributed by atoms with van der Waals surface area (Å²) in [5.41, 5.74) is 1.03. The van der Waals surface area contributed by atoms with Gasteiger partial charge in [0.25, 0.3) is 0 Å². The first kappa shape index (κ1) is 11.7. The molecule has 0 aromatic carbocycles. The minimum Gasteiger partial charge on any atom is -0.492 e. The first-order valence-electron chi connectivity index (χ1n) is 5.57. The summed E-state index contributed by atoms with van der Waals surface area (Å²) in [7, 11) is 0. The van der Waals surface area contributed by atoms with Crippen LogP contribution in [-0.4, -0.2) is 16.3 Å². The maximum atomic E-state index is 5.57. The van der Waals surface area contributed by atoms with Crippen molar-refractivity contribution in [2.75, 3.05) is 6.61 Å². The minimum absolute atomic E-state index is 0.216. The van der Waals surface area contributed by atoms with Crippen LogP contribution in [0.15, 0.2) is 18.3 Å². The lowest BCUT2D eigenvalue weighted by Crippen LogP contribution is -2.27. The van der Waals surface area contributed by atoms with E-state index in [4.69, 9.17) is 4.74 Å². The van der Waals surface area contributed by atoms with Gasteiger partial charge in [0.2, 0.25) is 0 Å². The SMILES string of the molecule is CC(C)(C)SNC1CCOc2cccnc21. The molecule has 4 heteroatoms. The van der Waals surface area contributed by atoms with Gasteiger partial charge in [-0.2, -0.15) is 0 Å². The molecule has 1 aliphatic heterocycles. The fraction of sp³-hybridized carbons (Fsp3) is 0.583. The van der Waals surface area contributed by atoms with Gasteiger partial charge in [-0.25, -0.2) is 0 Å². The molecule has 0 aliphatic carbocycles. The van der Waals surface area contributed by atoms with Gasteiger partial charge in [0.15, 0.2) is 0 Å². The highest BCUT2D eigenvalue weighted by atomic mass is 32.2. The van der Waals surface area contributed by atoms with Crippen molar-refractivity contribution in [1.82, 2.24) is 9.71 Å². The summed E-state index contributed by atoms with van der Waals surface area (Å²) in [6.07, 6.45) is 2.80. The van der Waals surface area contributed by atoms with E-state index in [1.165, 1.54) is 0 Å². The van der Waals surface area contributed by atoms with E-state index in [0.717, 1.165) is 24.5 Å². The van der Waals surface area contributed by atoms with Crippen LogP contribution < -0.4 is 9.46 Å². The summed E-state index contributed by atoms with van der Waals surface area (Å²) in [6, 6.07) is 4.20. The lowest BCUT2D eigenvalue weighted by Gasteiger charge is -2.28. The van der Waals surface area contributed by atoms with Gasteiger partial charge in [-0.05, 0) is 32.9 Å². The van der Waals surface area contributed by atoms with Crippen LogP contribution in [0.3, 0.4) is 0 Å². The lowest BCUT2D eigenvalue weighted by atomic mass is 10.1. The number of ether oxygens (including phenoxy) is 1. The number of pyridine rings is 1. The Balaban J connectivity index is 2.07. The van der Waals surface area contributed by atoms with Crippen molar-refractivity contribution in [2.45, 2.75) is 38.0 Å². The second-order valence-corrected chi connectivity index (χ2v) is 6.57. The third-order valence-corrected chi connectivity index (χ3v) is 3.32. The average Bonchev–Trinajstić information content (AvgIpc) is 2.25. The van der Waals surface area contributed by atoms with E-state index in [0.29, 0.717) is 6.04 Å². The number of fused-ring (bicyclic) bond motifs is 1. The normalized spacial score (nSPS) is 20.1. The van der Waals surface area contributed by atoms with E-state index in [9.17, 15) is 0 Å². The first-order valence-corrected chi connectivity index (χ1v) is 6.39. The van der Waals surface area contributed by atoms with Gasteiger partial charge in [-0.15, -0.1) is 0 Å². The van der Waals surface area contributed by atoms with Crippen LogP contribution in [0.5, 0.6) is 5.75 Å². The van der Waals surface area contributed by atoms with Crippen LogP contribution >= 0.6 is 11.9 Å². The monoisotopic (exact) mass is 238 g/mol. The fourth-order valence-electron chi connectivity index (χ4n) is 1.57. The van der Waals surface area contributed by atoms with E-state index < -0.39 is 0 Å². The smallest absolute Gasteiger partial charge is 0.142 e. The summed E-state index contributed by atoms with van der Waals surface area (Å²) in [4.78, 5) is 4.40. The zero-order chi connectivity index (χ0) is 11.6. The maximum absolute atomic E-state index is 5.57. The Labute approximate surface area is 101 Å². The molecule has 1 N–H and O–H groups in total. The molecule has 2 heterocycles. The van der Waals surface area contributed by atoms with Gasteiger partial charge in [0.1, 0.15) is 11.4 Å². The molecular formula is C12H18N2OS. The van der Waals surface area contributed by atoms with Crippen molar-refractivity contribution in [2.24, 2.45) is 0 Å². The molecule has 1 unspecified atom stereocenters. The summed E-state index contributed by atoms with van der Waals surface area (Å²) in [5, 5.41) is 0. The standard InChI is InChI=1S/C12H18N2OS/c1-12(2,3)16-14-9-6-8-15-10-5-4-7-13-11(9)10/h4-5,7,9,14H,6,8H2,1-3H3. The Kier molecular flexibility index (Phi) is 3.40. The van der Waals surface area contributed by atoms with E-state index in [2.05, 4.69) is 30.5 Å². The molecule has 0 saturated carbocycles. The molecule has 1 aromatic rings. The molecular weight excluding hydrogens is 220 g/mol. The van der Waals surface area contributed by atoms with Crippen LogP contribution in [-0.2, 0) is 0 Å². The highest BCUT2D eigenvalue weighted by Crippen LogP contribution is 2.33. The predicted molar refractivity (Wildman–Crippen MR) is 67.6 cm³/mol. The second kappa shape index (κ2) is 4.63. The number of rotatable bonds is 2. The largest absolute Gasteiger partial charge is 0.492 e. The van der Waals surface area contributed by atoms with Gasteiger partial charge < -0.3 is 4.74 Å². The van der Waals surface area contributed by atoms with Gasteiger partial charge in [0.05, 0.1) is 12.6 Å². The van der Waals surface area contributed by atoms with E-state index in [1.54, 1.807) is 11.9 Å². The molecule has 3 nitrogen and oxygen atoms in total. The molecule has 0 bridgehead atoms. The summed E-state index contributed by atoms with van der Waals surface area (Å²) in [6.45, 7) is 7.36. The Bertz CT molecular complexity index is 362. The molecule has 0 amide bonds. The molecule has 88 valence electrons. The van der Waals surface area contributed by atoms with E-state index >= 15 is 0 Å². The third kappa shape index (κ3) is 2.89. The molecule has 0 spiro atoms. The second-order valence-electron chi connectivity index (χ2n) is 4.91. The highest BCUT2D eigenvalue weighted by Gasteiger charge is 2.24. The topological polar surface area (TPSA) is 34.1 Å². The highest BCUT2D eigenvalue weighted by molar-refractivity contribution is 7.98. The Morgan fingerprint density at radius 1 is 1.50 bits per heavy atom. The Morgan fingerprint density at radius 2 is 2.31 bits per heavy atom. The van der Waals surface area contributed by atoms with Crippen LogP contribution in [0.1, 0.15) is 38.9 Å². The number of hydrogen-bond donors (Lipinski definition) is 1. The number of nitrogens with one attached hydrogen (secondary N) is 1. The molecule has 0 fully saturated rings. The van der Waals surface area contributed by atoms with E-state index in [-0.39, 0.29) is 4.75 Å². The van der Waals surface area contributed by atoms with Crippen LogP contribution in [0.4, 0.5) is 0 Å². The summed E-state index contributed by atoms with van der Waals surface area (Å²) in [5.74, 6) is 0.917. The predicted octanol–water partition coefficient (Wildman–Crippen LogP) is 2.94. The molecule has 0 saturated heterocycles. The molecule has 1 atom stereocenters. The maximum Gasteiger partial charge on any atom is 0.142 e. The van der Waals surface area contributed by atoms with Gasteiger partial charge in [0, 0.05) is 17.4 Å². The quantitative estimate of drug-likeness (QED) is 0.803. The Hall–Kier alpha value is -0.740. The van der Waals surface area contributed by atoms with Crippen molar-refractivity contribution < 1.29 is 4.74 Å². The molecule has 16 heavy (non-hydrogen) atoms. The van der Waals surface area contributed by atoms with Crippen molar-refractivity contribution in [3.8, 4) is 5.75 Å². The van der Waals surface area contributed by atoms with Crippen molar-refractivity contribution >= 4 is 11.9 Å². The molecule has 2 rings (SSSR count). The van der Waals surface area contributed by atoms with Gasteiger partial charge >= 0.3 is 0 Å². The molecule has 1 aliphatic rings. The Morgan fingerprint density at radius 3 is 3.06 bits per heavy atom. The number of nitrogens with zero attached hydrogens (tertiary/aromatic N) is 1. The lowest BCUT2D eigenvalue weighted by molar-refractivity contribution is 0.260. The number of hydrogen-bond acceptors (Lipinski definition) is 4. The molecule has 0 radical (unpaired) electrons. The van der Waals surface area contributed by atoms with Crippen molar-refractivity contribution in [3.05, 3.63) is 24.0 Å². The summed E-state index contributed by atoms with van der Waals surface area (Å²) >= 11 is 1.76. The van der Waals surface area contributed by atoms with Gasteiger partial charge in [-0.1, -0.05) is 11.9 Å². The van der Waals surface area contributed by atoms with Crippen molar-refractivity contribution in [3.63, 3.8) is 0 Å². The zero-order valence-electron chi connectivity index (χ0n) is 9.99. The minimum atomic E-state index is 0.216. The van der Waals surface area contributed by atoms with E-state index in [1.807, 2.05) is 18.3 Å². The zero-order valence-corrected chi connectivity index (χ0v) is 10.8. The van der Waals surface area contributed by atoms with Crippen LogP contribution in [0.25, 0.3) is 0 Å². The number of aromatic nitrogens is 1. The van der Waals surface area contributed by atoms with Crippen LogP contribution in [0, 0.1) is 0 Å². The third-order valence-electron chi connectivity index (χ3n) is 2.30. The van der Waals surface area contributed by atoms with Crippen molar-refractivity contribution in [1.29, 1.82) is 0 Å². The van der Waals surface area contributed by atoms with Crippen LogP contribution in [0.2, 0.25) is 0 Å².